The maximum Gasteiger partial charge on any atom is 0.261 e. The monoisotopic (exact) mass is 512 g/mol. The average molecular weight is 513 g/mol. The van der Waals surface area contributed by atoms with Crippen LogP contribution in [-0.4, -0.2) is 35.6 Å². The van der Waals surface area contributed by atoms with E-state index in [9.17, 15) is 4.79 Å². The summed E-state index contributed by atoms with van der Waals surface area (Å²) in [5, 5.41) is 2.63. The zero-order valence-electron chi connectivity index (χ0n) is 23.2. The van der Waals surface area contributed by atoms with E-state index in [1.165, 1.54) is 10.4 Å². The topological polar surface area (TPSA) is 35.5 Å². The van der Waals surface area contributed by atoms with Crippen LogP contribution in [0.2, 0.25) is 23.2 Å². The van der Waals surface area contributed by atoms with Gasteiger partial charge in [0.2, 0.25) is 0 Å². The molecule has 0 N–H and O–H groups in total. The molecule has 0 saturated carbocycles. The van der Waals surface area contributed by atoms with Gasteiger partial charge in [0, 0.05) is 12.5 Å². The summed E-state index contributed by atoms with van der Waals surface area (Å²) >= 11 is 0. The van der Waals surface area contributed by atoms with Crippen molar-refractivity contribution in [2.45, 2.75) is 97.0 Å². The molecule has 2 aromatic carbocycles. The van der Waals surface area contributed by atoms with E-state index < -0.39 is 16.6 Å². The normalized spacial score (nSPS) is 14.5. The van der Waals surface area contributed by atoms with Gasteiger partial charge in [0.15, 0.2) is 8.32 Å². The molecule has 0 bridgehead atoms. The lowest BCUT2D eigenvalue weighted by molar-refractivity contribution is -0.113. The Bertz CT molecular complexity index is 812. The SMILES string of the molecule is CC[Si](CC)(CC)O[C@H](CCCCO[Si](c1ccccc1)(c1ccccc1)C(C)(C)C)[C@@H](C)C=O. The first-order chi connectivity index (χ1) is 16.7. The standard InChI is InChI=1S/C30H48O3Si2/c1-8-34(9-2,10-3)33-29(26(4)25-31)23-17-18-24-32-35(30(5,6)7,27-19-13-11-14-20-27)28-21-15-12-16-22-28/h11-16,19-22,25-26,29H,8-10,17-18,23-24H2,1-7H3/t26-,29+/m0/s1. The quantitative estimate of drug-likeness (QED) is 0.147. The zero-order chi connectivity index (χ0) is 26.0. The number of carbonyl (C=O) groups excluding carboxylic acids is 1. The Labute approximate surface area is 216 Å². The van der Waals surface area contributed by atoms with Gasteiger partial charge in [-0.2, -0.15) is 0 Å². The van der Waals surface area contributed by atoms with Crippen molar-refractivity contribution in [1.29, 1.82) is 0 Å². The molecule has 0 radical (unpaired) electrons. The third kappa shape index (κ3) is 7.25. The molecule has 194 valence electrons. The van der Waals surface area contributed by atoms with Crippen LogP contribution in [0.4, 0.5) is 0 Å². The van der Waals surface area contributed by atoms with Crippen molar-refractivity contribution in [2.24, 2.45) is 5.92 Å². The first-order valence-electron chi connectivity index (χ1n) is 13.6. The van der Waals surface area contributed by atoms with Crippen LogP contribution in [0.15, 0.2) is 60.7 Å². The van der Waals surface area contributed by atoms with Gasteiger partial charge in [-0.25, -0.2) is 0 Å². The number of aldehydes is 1. The summed E-state index contributed by atoms with van der Waals surface area (Å²) in [7, 11) is -4.25. The maximum absolute atomic E-state index is 11.7. The van der Waals surface area contributed by atoms with Crippen LogP contribution in [-0.2, 0) is 13.6 Å². The highest BCUT2D eigenvalue weighted by atomic mass is 28.4. The largest absolute Gasteiger partial charge is 0.413 e. The van der Waals surface area contributed by atoms with Gasteiger partial charge < -0.3 is 13.6 Å². The summed E-state index contributed by atoms with van der Waals surface area (Å²) in [5.41, 5.74) is 0. The van der Waals surface area contributed by atoms with Gasteiger partial charge in [0.05, 0.1) is 6.10 Å². The Kier molecular flexibility index (Phi) is 11.6. The first kappa shape index (κ1) is 29.7. The second-order valence-corrected chi connectivity index (χ2v) is 19.9. The zero-order valence-corrected chi connectivity index (χ0v) is 25.2. The molecule has 0 aliphatic rings. The van der Waals surface area contributed by atoms with Crippen LogP contribution in [0.5, 0.6) is 0 Å². The lowest BCUT2D eigenvalue weighted by Gasteiger charge is -2.43. The Hall–Kier alpha value is -1.54. The van der Waals surface area contributed by atoms with Crippen molar-refractivity contribution in [3.63, 3.8) is 0 Å². The van der Waals surface area contributed by atoms with Crippen molar-refractivity contribution < 1.29 is 13.6 Å². The molecule has 35 heavy (non-hydrogen) atoms. The van der Waals surface area contributed by atoms with E-state index >= 15 is 0 Å². The van der Waals surface area contributed by atoms with Gasteiger partial charge in [-0.1, -0.05) is 109 Å². The lowest BCUT2D eigenvalue weighted by Crippen LogP contribution is -2.66. The van der Waals surface area contributed by atoms with Crippen molar-refractivity contribution >= 4 is 33.3 Å². The summed E-state index contributed by atoms with van der Waals surface area (Å²) in [5.74, 6) is -0.0656. The van der Waals surface area contributed by atoms with Crippen molar-refractivity contribution in [3.05, 3.63) is 60.7 Å². The Morgan fingerprint density at radius 1 is 0.829 bits per heavy atom. The number of carbonyl (C=O) groups is 1. The summed E-state index contributed by atoms with van der Waals surface area (Å²) in [6, 6.07) is 25.0. The fourth-order valence-electron chi connectivity index (χ4n) is 5.27. The van der Waals surface area contributed by atoms with Gasteiger partial charge >= 0.3 is 0 Å². The van der Waals surface area contributed by atoms with Crippen LogP contribution >= 0.6 is 0 Å². The van der Waals surface area contributed by atoms with Gasteiger partial charge in [-0.3, -0.25) is 0 Å². The fourth-order valence-corrected chi connectivity index (χ4v) is 12.9. The van der Waals surface area contributed by atoms with E-state index in [0.29, 0.717) is 6.61 Å². The van der Waals surface area contributed by atoms with Crippen molar-refractivity contribution in [1.82, 2.24) is 0 Å². The average Bonchev–Trinajstić information content (AvgIpc) is 2.88. The van der Waals surface area contributed by atoms with Crippen LogP contribution in [0, 0.1) is 5.92 Å². The predicted octanol–water partition coefficient (Wildman–Crippen LogP) is 6.96. The fraction of sp³-hybridized carbons (Fsp3) is 0.567. The smallest absolute Gasteiger partial charge is 0.261 e. The maximum atomic E-state index is 11.7. The number of unbranched alkanes of at least 4 members (excludes halogenated alkanes) is 1. The Morgan fingerprint density at radius 3 is 1.71 bits per heavy atom. The van der Waals surface area contributed by atoms with Crippen LogP contribution < -0.4 is 10.4 Å². The molecule has 0 aromatic heterocycles. The summed E-state index contributed by atoms with van der Waals surface area (Å²) < 4.78 is 13.8. The molecule has 2 rings (SSSR count). The third-order valence-electron chi connectivity index (χ3n) is 7.75. The van der Waals surface area contributed by atoms with E-state index in [2.05, 4.69) is 102 Å². The van der Waals surface area contributed by atoms with E-state index in [-0.39, 0.29) is 17.1 Å². The first-order valence-corrected chi connectivity index (χ1v) is 18.0. The van der Waals surface area contributed by atoms with E-state index in [1.807, 2.05) is 6.92 Å². The molecule has 2 aromatic rings. The molecule has 0 saturated heterocycles. The van der Waals surface area contributed by atoms with E-state index in [1.54, 1.807) is 0 Å². The Balaban J connectivity index is 2.17. The summed E-state index contributed by atoms with van der Waals surface area (Å²) in [6.45, 7) is 16.4. The summed E-state index contributed by atoms with van der Waals surface area (Å²) in [4.78, 5) is 11.7. The molecule has 0 unspecified atom stereocenters. The van der Waals surface area contributed by atoms with Crippen LogP contribution in [0.25, 0.3) is 0 Å². The minimum absolute atomic E-state index is 0.0119. The third-order valence-corrected chi connectivity index (χ3v) is 17.5. The minimum atomic E-state index is -2.49. The molecular weight excluding hydrogens is 464 g/mol. The number of hydrogen-bond acceptors (Lipinski definition) is 3. The molecule has 0 heterocycles. The molecule has 2 atom stereocenters. The molecule has 0 fully saturated rings. The van der Waals surface area contributed by atoms with Crippen molar-refractivity contribution in [3.8, 4) is 0 Å². The molecule has 0 amide bonds. The van der Waals surface area contributed by atoms with Crippen molar-refractivity contribution in [2.75, 3.05) is 6.61 Å². The van der Waals surface area contributed by atoms with Gasteiger partial charge in [0.1, 0.15) is 6.29 Å². The van der Waals surface area contributed by atoms with Gasteiger partial charge in [-0.05, 0) is 52.8 Å². The number of hydrogen-bond donors (Lipinski definition) is 0. The highest BCUT2D eigenvalue weighted by Gasteiger charge is 2.50. The van der Waals surface area contributed by atoms with Crippen LogP contribution in [0.3, 0.4) is 0 Å². The molecule has 5 heteroatoms. The number of benzene rings is 2. The molecule has 3 nitrogen and oxygen atoms in total. The lowest BCUT2D eigenvalue weighted by atomic mass is 10.0. The second kappa shape index (κ2) is 13.7. The molecule has 0 aliphatic carbocycles. The molecule has 0 aliphatic heterocycles. The van der Waals surface area contributed by atoms with Gasteiger partial charge in [0.25, 0.3) is 8.32 Å². The molecule has 0 spiro atoms. The predicted molar refractivity (Wildman–Crippen MR) is 155 cm³/mol. The Morgan fingerprint density at radius 2 is 1.31 bits per heavy atom. The highest BCUT2D eigenvalue weighted by Crippen LogP contribution is 2.37. The highest BCUT2D eigenvalue weighted by molar-refractivity contribution is 6.99. The van der Waals surface area contributed by atoms with Crippen LogP contribution in [0.1, 0.15) is 67.7 Å². The van der Waals surface area contributed by atoms with Gasteiger partial charge in [-0.15, -0.1) is 0 Å². The van der Waals surface area contributed by atoms with E-state index in [4.69, 9.17) is 8.85 Å². The molecular formula is C30H48O3Si2. The van der Waals surface area contributed by atoms with E-state index in [0.717, 1.165) is 43.7 Å². The second-order valence-electron chi connectivity index (χ2n) is 10.9. The summed E-state index contributed by atoms with van der Waals surface area (Å²) in [6.07, 6.45) is 3.98. The number of rotatable bonds is 15. The minimum Gasteiger partial charge on any atom is -0.413 e.